The van der Waals surface area contributed by atoms with Crippen molar-refractivity contribution >= 4 is 56.6 Å². The number of hydrogen-bond donors (Lipinski definition) is 1. The average molecular weight is 470 g/mol. The molecule has 0 saturated carbocycles. The predicted molar refractivity (Wildman–Crippen MR) is 123 cm³/mol. The Hall–Kier alpha value is -3.50. The number of esters is 1. The van der Waals surface area contributed by atoms with Gasteiger partial charge < -0.3 is 14.5 Å². The van der Waals surface area contributed by atoms with Gasteiger partial charge in [-0.3, -0.25) is 19.3 Å². The van der Waals surface area contributed by atoms with Crippen LogP contribution in [0, 0.1) is 0 Å². The lowest BCUT2D eigenvalue weighted by molar-refractivity contribution is -0.141. The molecule has 4 aromatic rings. The van der Waals surface area contributed by atoms with Crippen LogP contribution in [0.25, 0.3) is 22.4 Å². The van der Waals surface area contributed by atoms with Crippen LogP contribution in [0.2, 0.25) is 0 Å². The van der Waals surface area contributed by atoms with Gasteiger partial charge in [0.2, 0.25) is 5.91 Å². The molecule has 2 amide bonds. The van der Waals surface area contributed by atoms with Crippen molar-refractivity contribution in [2.45, 2.75) is 6.42 Å². The van der Waals surface area contributed by atoms with Crippen LogP contribution in [0.3, 0.4) is 0 Å². The first-order chi connectivity index (χ1) is 15.5. The Kier molecular flexibility index (Phi) is 6.62. The van der Waals surface area contributed by atoms with E-state index < -0.39 is 5.97 Å². The summed E-state index contributed by atoms with van der Waals surface area (Å²) in [5, 5.41) is 7.53. The summed E-state index contributed by atoms with van der Waals surface area (Å²) < 4.78 is 10.4. The second-order valence-electron chi connectivity index (χ2n) is 6.70. The third-order valence-electron chi connectivity index (χ3n) is 4.60. The van der Waals surface area contributed by atoms with Gasteiger partial charge in [0, 0.05) is 23.7 Å². The summed E-state index contributed by atoms with van der Waals surface area (Å²) in [7, 11) is 1.25. The zero-order valence-electron chi connectivity index (χ0n) is 17.1. The topological polar surface area (TPSA) is 102 Å². The Balaban J connectivity index is 1.54. The number of benzene rings is 1. The number of fused-ring (bicyclic) bond motifs is 1. The van der Waals surface area contributed by atoms with Crippen molar-refractivity contribution in [2.75, 3.05) is 25.1 Å². The quantitative estimate of drug-likeness (QED) is 0.392. The molecule has 3 aromatic heterocycles. The number of anilines is 1. The summed E-state index contributed by atoms with van der Waals surface area (Å²) in [4.78, 5) is 43.1. The number of methoxy groups -OCH3 is 1. The number of nitrogens with zero attached hydrogens (tertiary/aromatic N) is 2. The van der Waals surface area contributed by atoms with Crippen molar-refractivity contribution in [3.63, 3.8) is 0 Å². The van der Waals surface area contributed by atoms with Gasteiger partial charge in [-0.15, -0.1) is 22.7 Å². The van der Waals surface area contributed by atoms with Crippen molar-refractivity contribution in [1.82, 2.24) is 10.3 Å². The van der Waals surface area contributed by atoms with E-state index in [1.54, 1.807) is 12.1 Å². The van der Waals surface area contributed by atoms with Crippen LogP contribution in [-0.4, -0.2) is 43.0 Å². The molecule has 8 nitrogen and oxygen atoms in total. The molecule has 0 radical (unpaired) electrons. The molecule has 1 N–H and O–H groups in total. The van der Waals surface area contributed by atoms with Crippen LogP contribution in [0.15, 0.2) is 57.6 Å². The zero-order chi connectivity index (χ0) is 22.5. The first-order valence-electron chi connectivity index (χ1n) is 9.68. The molecule has 0 unspecified atom stereocenters. The molecule has 0 atom stereocenters. The summed E-state index contributed by atoms with van der Waals surface area (Å²) in [6.45, 7) is -0.113. The molecule has 0 fully saturated rings. The fourth-order valence-electron chi connectivity index (χ4n) is 2.97. The molecule has 1 aromatic carbocycles. The summed E-state index contributed by atoms with van der Waals surface area (Å²) in [6, 6.07) is 13.1. The number of hydrogen-bond acceptors (Lipinski definition) is 8. The Morgan fingerprint density at radius 1 is 1.16 bits per heavy atom. The number of nitrogens with one attached hydrogen (secondary N) is 1. The first-order valence-corrected chi connectivity index (χ1v) is 11.4. The third kappa shape index (κ3) is 4.87. The fraction of sp³-hybridized carbons (Fsp3) is 0.182. The van der Waals surface area contributed by atoms with Crippen molar-refractivity contribution in [1.29, 1.82) is 0 Å². The van der Waals surface area contributed by atoms with Gasteiger partial charge in [-0.05, 0) is 23.6 Å². The summed E-state index contributed by atoms with van der Waals surface area (Å²) in [6.07, 6.45) is 0.00760. The van der Waals surface area contributed by atoms with Crippen molar-refractivity contribution in [2.24, 2.45) is 0 Å². The Morgan fingerprint density at radius 3 is 2.75 bits per heavy atom. The molecular weight excluding hydrogens is 450 g/mol. The minimum absolute atomic E-state index is 0.00760. The summed E-state index contributed by atoms with van der Waals surface area (Å²) in [5.41, 5.74) is 1.37. The standard InChI is InChI=1S/C22H19N3O5S2/c1-29-20(27)12-23-19(26)8-9-25(21(28)18-7-4-10-31-18)22-24-15(13-32-22)17-11-14-5-2-3-6-16(14)30-17/h2-7,10-11,13H,8-9,12H2,1H3,(H,23,26). The maximum absolute atomic E-state index is 13.1. The second-order valence-corrected chi connectivity index (χ2v) is 8.48. The number of thiazole rings is 1. The minimum atomic E-state index is -0.541. The Labute approximate surface area is 191 Å². The van der Waals surface area contributed by atoms with Crippen LogP contribution in [0.4, 0.5) is 5.13 Å². The van der Waals surface area contributed by atoms with Crippen LogP contribution >= 0.6 is 22.7 Å². The third-order valence-corrected chi connectivity index (χ3v) is 6.32. The number of aromatic nitrogens is 1. The molecule has 0 aliphatic carbocycles. The lowest BCUT2D eigenvalue weighted by Gasteiger charge is -2.19. The highest BCUT2D eigenvalue weighted by Crippen LogP contribution is 2.32. The van der Waals surface area contributed by atoms with Crippen LogP contribution in [0.5, 0.6) is 0 Å². The van der Waals surface area contributed by atoms with Gasteiger partial charge in [-0.1, -0.05) is 24.3 Å². The van der Waals surface area contributed by atoms with E-state index in [0.29, 0.717) is 21.5 Å². The highest BCUT2D eigenvalue weighted by molar-refractivity contribution is 7.14. The second kappa shape index (κ2) is 9.75. The van der Waals surface area contributed by atoms with E-state index in [9.17, 15) is 14.4 Å². The van der Waals surface area contributed by atoms with E-state index in [0.717, 1.165) is 11.0 Å². The van der Waals surface area contributed by atoms with E-state index in [-0.39, 0.29) is 31.3 Å². The fourth-order valence-corrected chi connectivity index (χ4v) is 4.48. The first kappa shape index (κ1) is 21.7. The number of amides is 2. The van der Waals surface area contributed by atoms with Crippen molar-refractivity contribution in [3.05, 3.63) is 58.1 Å². The highest BCUT2D eigenvalue weighted by atomic mass is 32.1. The molecule has 0 spiro atoms. The van der Waals surface area contributed by atoms with E-state index in [1.807, 2.05) is 41.1 Å². The van der Waals surface area contributed by atoms with E-state index in [1.165, 1.54) is 34.7 Å². The average Bonchev–Trinajstić information content (AvgIpc) is 3.57. The summed E-state index contributed by atoms with van der Waals surface area (Å²) in [5.74, 6) is -0.548. The number of rotatable bonds is 8. The molecule has 0 aliphatic heterocycles. The zero-order valence-corrected chi connectivity index (χ0v) is 18.7. The van der Waals surface area contributed by atoms with Gasteiger partial charge in [-0.2, -0.15) is 0 Å². The van der Waals surface area contributed by atoms with Gasteiger partial charge in [0.1, 0.15) is 17.8 Å². The molecular formula is C22H19N3O5S2. The predicted octanol–water partition coefficient (Wildman–Crippen LogP) is 3.94. The maximum atomic E-state index is 13.1. The lowest BCUT2D eigenvalue weighted by Crippen LogP contribution is -2.36. The van der Waals surface area contributed by atoms with Crippen LogP contribution in [-0.2, 0) is 14.3 Å². The largest absolute Gasteiger partial charge is 0.468 e. The normalized spacial score (nSPS) is 10.8. The van der Waals surface area contributed by atoms with E-state index in [4.69, 9.17) is 4.42 Å². The van der Waals surface area contributed by atoms with Crippen LogP contribution < -0.4 is 10.2 Å². The van der Waals surface area contributed by atoms with Gasteiger partial charge in [0.25, 0.3) is 5.91 Å². The summed E-state index contributed by atoms with van der Waals surface area (Å²) >= 11 is 2.61. The van der Waals surface area contributed by atoms with Gasteiger partial charge in [-0.25, -0.2) is 4.98 Å². The van der Waals surface area contributed by atoms with Crippen molar-refractivity contribution < 1.29 is 23.5 Å². The minimum Gasteiger partial charge on any atom is -0.468 e. The highest BCUT2D eigenvalue weighted by Gasteiger charge is 2.23. The van der Waals surface area contributed by atoms with Crippen molar-refractivity contribution in [3.8, 4) is 11.5 Å². The molecule has 4 rings (SSSR count). The SMILES string of the molecule is COC(=O)CNC(=O)CCN(C(=O)c1cccs1)c1nc(-c2cc3ccccc3o2)cs1. The number of furan rings is 1. The molecule has 32 heavy (non-hydrogen) atoms. The molecule has 0 saturated heterocycles. The molecule has 0 bridgehead atoms. The Morgan fingerprint density at radius 2 is 2.00 bits per heavy atom. The number of carbonyl (C=O) groups excluding carboxylic acids is 3. The smallest absolute Gasteiger partial charge is 0.325 e. The number of thiophene rings is 1. The van der Waals surface area contributed by atoms with Crippen LogP contribution in [0.1, 0.15) is 16.1 Å². The number of para-hydroxylation sites is 1. The van der Waals surface area contributed by atoms with Gasteiger partial charge in [0.15, 0.2) is 10.9 Å². The van der Waals surface area contributed by atoms with Gasteiger partial charge >= 0.3 is 5.97 Å². The molecule has 0 aliphatic rings. The lowest BCUT2D eigenvalue weighted by atomic mass is 10.2. The monoisotopic (exact) mass is 469 g/mol. The Bertz CT molecular complexity index is 1210. The number of ether oxygens (including phenoxy) is 1. The van der Waals surface area contributed by atoms with E-state index >= 15 is 0 Å². The molecule has 164 valence electrons. The van der Waals surface area contributed by atoms with E-state index in [2.05, 4.69) is 15.0 Å². The molecule has 10 heteroatoms. The maximum Gasteiger partial charge on any atom is 0.325 e. The molecule has 3 heterocycles. The number of carbonyl (C=O) groups is 3. The van der Waals surface area contributed by atoms with Gasteiger partial charge in [0.05, 0.1) is 12.0 Å².